The largest absolute Gasteiger partial charge is 0.480 e. The smallest absolute Gasteiger partial charge is 0.320 e. The van der Waals surface area contributed by atoms with Gasteiger partial charge in [0.05, 0.1) is 17.2 Å². The summed E-state index contributed by atoms with van der Waals surface area (Å²) in [5.41, 5.74) is 0.811. The first-order valence-corrected chi connectivity index (χ1v) is 6.64. The minimum absolute atomic E-state index is 0.217. The summed E-state index contributed by atoms with van der Waals surface area (Å²) < 4.78 is 0. The Balaban J connectivity index is 1.89. The SMILES string of the molecule is N#CC(CCCCN1C(=O)c2ccccc2C1=O)C(=O)O. The molecule has 6 nitrogen and oxygen atoms in total. The average molecular weight is 286 g/mol. The molecule has 2 amide bonds. The van der Waals surface area contributed by atoms with Crippen LogP contribution in [-0.2, 0) is 4.79 Å². The van der Waals surface area contributed by atoms with Gasteiger partial charge in [0, 0.05) is 6.54 Å². The number of aliphatic carboxylic acids is 1. The maximum Gasteiger partial charge on any atom is 0.320 e. The lowest BCUT2D eigenvalue weighted by Crippen LogP contribution is -2.30. The number of unbranched alkanes of at least 4 members (excludes halogenated alkanes) is 1. The minimum atomic E-state index is -1.14. The Morgan fingerprint density at radius 2 is 1.76 bits per heavy atom. The standard InChI is InChI=1S/C15H14N2O4/c16-9-10(15(20)21)5-3-4-8-17-13(18)11-6-1-2-7-12(11)14(17)19/h1-2,6-7,10H,3-5,8H2,(H,20,21). The molecule has 0 radical (unpaired) electrons. The van der Waals surface area contributed by atoms with Crippen molar-refractivity contribution in [3.05, 3.63) is 35.4 Å². The van der Waals surface area contributed by atoms with Crippen molar-refractivity contribution in [3.8, 4) is 6.07 Å². The van der Waals surface area contributed by atoms with E-state index in [0.29, 0.717) is 24.0 Å². The van der Waals surface area contributed by atoms with Crippen molar-refractivity contribution in [1.29, 1.82) is 5.26 Å². The van der Waals surface area contributed by atoms with Crippen LogP contribution >= 0.6 is 0 Å². The summed E-state index contributed by atoms with van der Waals surface area (Å²) in [6.07, 6.45) is 1.17. The Morgan fingerprint density at radius 3 is 2.24 bits per heavy atom. The molecular weight excluding hydrogens is 272 g/mol. The van der Waals surface area contributed by atoms with E-state index < -0.39 is 11.9 Å². The molecule has 0 aliphatic carbocycles. The lowest BCUT2D eigenvalue weighted by atomic mass is 10.0. The lowest BCUT2D eigenvalue weighted by Gasteiger charge is -2.13. The molecule has 6 heteroatoms. The molecule has 1 aromatic carbocycles. The quantitative estimate of drug-likeness (QED) is 0.633. The summed E-state index contributed by atoms with van der Waals surface area (Å²) in [6.45, 7) is 0.240. The topological polar surface area (TPSA) is 98.5 Å². The number of benzene rings is 1. The Hall–Kier alpha value is -2.68. The monoisotopic (exact) mass is 286 g/mol. The highest BCUT2D eigenvalue weighted by Crippen LogP contribution is 2.23. The molecule has 0 aromatic heterocycles. The summed E-state index contributed by atoms with van der Waals surface area (Å²) in [6, 6.07) is 8.36. The number of nitrogens with zero attached hydrogens (tertiary/aromatic N) is 2. The van der Waals surface area contributed by atoms with Crippen LogP contribution in [0.2, 0.25) is 0 Å². The number of nitriles is 1. The molecule has 21 heavy (non-hydrogen) atoms. The fraction of sp³-hybridized carbons (Fsp3) is 0.333. The molecule has 1 atom stereocenters. The van der Waals surface area contributed by atoms with E-state index in [-0.39, 0.29) is 24.8 Å². The molecule has 0 bridgehead atoms. The van der Waals surface area contributed by atoms with Gasteiger partial charge < -0.3 is 5.11 Å². The Morgan fingerprint density at radius 1 is 1.19 bits per heavy atom. The Kier molecular flexibility index (Phi) is 4.33. The van der Waals surface area contributed by atoms with Crippen LogP contribution in [0.25, 0.3) is 0 Å². The summed E-state index contributed by atoms with van der Waals surface area (Å²) in [4.78, 5) is 36.0. The van der Waals surface area contributed by atoms with E-state index >= 15 is 0 Å². The highest BCUT2D eigenvalue weighted by atomic mass is 16.4. The van der Waals surface area contributed by atoms with E-state index in [4.69, 9.17) is 10.4 Å². The van der Waals surface area contributed by atoms with Gasteiger partial charge >= 0.3 is 5.97 Å². The van der Waals surface area contributed by atoms with Gasteiger partial charge in [0.1, 0.15) is 5.92 Å². The molecule has 0 fully saturated rings. The second-order valence-corrected chi connectivity index (χ2v) is 4.82. The molecule has 1 aromatic rings. The molecule has 1 aliphatic heterocycles. The van der Waals surface area contributed by atoms with Crippen molar-refractivity contribution >= 4 is 17.8 Å². The van der Waals surface area contributed by atoms with Crippen LogP contribution in [0.5, 0.6) is 0 Å². The van der Waals surface area contributed by atoms with Gasteiger partial charge in [-0.2, -0.15) is 5.26 Å². The second kappa shape index (κ2) is 6.18. The normalized spacial score (nSPS) is 14.7. The zero-order valence-electron chi connectivity index (χ0n) is 11.3. The second-order valence-electron chi connectivity index (χ2n) is 4.82. The van der Waals surface area contributed by atoms with Crippen LogP contribution in [0.15, 0.2) is 24.3 Å². The number of rotatable bonds is 6. The van der Waals surface area contributed by atoms with Crippen molar-refractivity contribution in [2.24, 2.45) is 5.92 Å². The third-order valence-electron chi connectivity index (χ3n) is 3.46. The molecule has 1 unspecified atom stereocenters. The third-order valence-corrected chi connectivity index (χ3v) is 3.46. The number of fused-ring (bicyclic) bond motifs is 1. The van der Waals surface area contributed by atoms with Crippen LogP contribution in [0.1, 0.15) is 40.0 Å². The highest BCUT2D eigenvalue weighted by molar-refractivity contribution is 6.21. The summed E-state index contributed by atoms with van der Waals surface area (Å²) in [5.74, 6) is -2.80. The highest BCUT2D eigenvalue weighted by Gasteiger charge is 2.34. The number of imide groups is 1. The maximum absolute atomic E-state index is 12.1. The van der Waals surface area contributed by atoms with E-state index in [9.17, 15) is 14.4 Å². The zero-order valence-corrected chi connectivity index (χ0v) is 11.3. The van der Waals surface area contributed by atoms with Gasteiger partial charge in [0.15, 0.2) is 0 Å². The van der Waals surface area contributed by atoms with E-state index in [1.807, 2.05) is 0 Å². The van der Waals surface area contributed by atoms with Gasteiger partial charge in [-0.1, -0.05) is 12.1 Å². The van der Waals surface area contributed by atoms with Crippen molar-refractivity contribution < 1.29 is 19.5 Å². The minimum Gasteiger partial charge on any atom is -0.480 e. The number of hydrogen-bond acceptors (Lipinski definition) is 4. The number of carbonyl (C=O) groups is 3. The summed E-state index contributed by atoms with van der Waals surface area (Å²) in [5, 5.41) is 17.4. The van der Waals surface area contributed by atoms with Gasteiger partial charge in [-0.05, 0) is 31.4 Å². The van der Waals surface area contributed by atoms with Gasteiger partial charge in [-0.3, -0.25) is 19.3 Å². The molecule has 1 N–H and O–H groups in total. The molecule has 1 heterocycles. The number of amides is 2. The first-order valence-electron chi connectivity index (χ1n) is 6.64. The van der Waals surface area contributed by atoms with Crippen LogP contribution < -0.4 is 0 Å². The van der Waals surface area contributed by atoms with E-state index in [1.54, 1.807) is 30.3 Å². The van der Waals surface area contributed by atoms with Crippen molar-refractivity contribution in [2.75, 3.05) is 6.54 Å². The van der Waals surface area contributed by atoms with Crippen LogP contribution in [-0.4, -0.2) is 34.3 Å². The van der Waals surface area contributed by atoms with Gasteiger partial charge in [0.25, 0.3) is 11.8 Å². The van der Waals surface area contributed by atoms with Crippen LogP contribution in [0, 0.1) is 17.2 Å². The lowest BCUT2D eigenvalue weighted by molar-refractivity contribution is -0.140. The van der Waals surface area contributed by atoms with E-state index in [2.05, 4.69) is 0 Å². The summed E-state index contributed by atoms with van der Waals surface area (Å²) in [7, 11) is 0. The Labute approximate surface area is 121 Å². The molecule has 0 spiro atoms. The average Bonchev–Trinajstić information content (AvgIpc) is 2.72. The maximum atomic E-state index is 12.1. The number of carbonyl (C=O) groups excluding carboxylic acids is 2. The third kappa shape index (κ3) is 2.92. The first-order chi connectivity index (χ1) is 10.1. The van der Waals surface area contributed by atoms with E-state index in [1.165, 1.54) is 4.90 Å². The molecular formula is C15H14N2O4. The predicted molar refractivity (Wildman–Crippen MR) is 72.4 cm³/mol. The van der Waals surface area contributed by atoms with Gasteiger partial charge in [-0.15, -0.1) is 0 Å². The molecule has 2 rings (SSSR count). The Bertz CT molecular complexity index is 598. The van der Waals surface area contributed by atoms with Crippen LogP contribution in [0.4, 0.5) is 0 Å². The molecule has 0 saturated heterocycles. The fourth-order valence-corrected chi connectivity index (χ4v) is 2.30. The molecule has 1 aliphatic rings. The van der Waals surface area contributed by atoms with Crippen molar-refractivity contribution in [3.63, 3.8) is 0 Å². The van der Waals surface area contributed by atoms with Gasteiger partial charge in [-0.25, -0.2) is 0 Å². The van der Waals surface area contributed by atoms with Crippen LogP contribution in [0.3, 0.4) is 0 Å². The first kappa shape index (κ1) is 14.7. The summed E-state index contributed by atoms with van der Waals surface area (Å²) >= 11 is 0. The van der Waals surface area contributed by atoms with Crippen molar-refractivity contribution in [1.82, 2.24) is 4.90 Å². The van der Waals surface area contributed by atoms with Crippen molar-refractivity contribution in [2.45, 2.75) is 19.3 Å². The predicted octanol–water partition coefficient (Wildman–Crippen LogP) is 1.68. The van der Waals surface area contributed by atoms with Gasteiger partial charge in [0.2, 0.25) is 0 Å². The van der Waals surface area contributed by atoms with E-state index in [0.717, 1.165) is 0 Å². The zero-order chi connectivity index (χ0) is 15.4. The number of carboxylic acid groups (broad SMARTS) is 1. The number of hydrogen-bond donors (Lipinski definition) is 1. The number of carboxylic acids is 1. The molecule has 108 valence electrons. The molecule has 0 saturated carbocycles. The fourth-order valence-electron chi connectivity index (χ4n) is 2.30.